The smallest absolute Gasteiger partial charge is 0.287 e. The summed E-state index contributed by atoms with van der Waals surface area (Å²) in [6.07, 6.45) is 6.55. The van der Waals surface area contributed by atoms with E-state index in [1.165, 1.54) is 31.9 Å². The number of nitrogens with zero attached hydrogens (tertiary/aromatic N) is 2. The van der Waals surface area contributed by atoms with E-state index in [-0.39, 0.29) is 17.6 Å². The van der Waals surface area contributed by atoms with Crippen LogP contribution in [-0.4, -0.2) is 60.4 Å². The Morgan fingerprint density at radius 2 is 2.00 bits per heavy atom. The van der Waals surface area contributed by atoms with Crippen LogP contribution in [0.2, 0.25) is 0 Å². The highest BCUT2D eigenvalue weighted by Crippen LogP contribution is 2.09. The van der Waals surface area contributed by atoms with E-state index in [2.05, 4.69) is 10.2 Å². The molecule has 134 valence electrons. The number of carbonyl (C=O) groups is 2. The molecule has 0 radical (unpaired) electrons. The van der Waals surface area contributed by atoms with Gasteiger partial charge in [-0.1, -0.05) is 12.8 Å². The fraction of sp³-hybridized carbons (Fsp3) is 0.667. The second-order valence-corrected chi connectivity index (χ2v) is 6.35. The first-order valence-corrected chi connectivity index (χ1v) is 8.97. The van der Waals surface area contributed by atoms with Crippen molar-refractivity contribution in [3.8, 4) is 0 Å². The Labute approximate surface area is 144 Å². The largest absolute Gasteiger partial charge is 0.459 e. The van der Waals surface area contributed by atoms with Crippen molar-refractivity contribution in [1.29, 1.82) is 0 Å². The number of likely N-dealkylation sites (N-methyl/N-ethyl adjacent to an activating group) is 1. The fourth-order valence-electron chi connectivity index (χ4n) is 3.06. The predicted molar refractivity (Wildman–Crippen MR) is 92.8 cm³/mol. The molecule has 0 bridgehead atoms. The minimum Gasteiger partial charge on any atom is -0.459 e. The Bertz CT molecular complexity index is 508. The van der Waals surface area contributed by atoms with E-state index in [1.54, 1.807) is 19.1 Å². The zero-order valence-corrected chi connectivity index (χ0v) is 14.8. The van der Waals surface area contributed by atoms with Gasteiger partial charge in [0, 0.05) is 19.6 Å². The lowest BCUT2D eigenvalue weighted by Gasteiger charge is -2.28. The van der Waals surface area contributed by atoms with Gasteiger partial charge in [-0.15, -0.1) is 0 Å². The topological polar surface area (TPSA) is 65.8 Å². The van der Waals surface area contributed by atoms with Crippen molar-refractivity contribution >= 4 is 11.8 Å². The third kappa shape index (κ3) is 5.37. The van der Waals surface area contributed by atoms with Crippen molar-refractivity contribution in [3.63, 3.8) is 0 Å². The standard InChI is InChI=1S/C18H29N3O3/c1-3-21(13-12-20-10-6-4-5-7-11-20)18(23)15(2)19-17(22)16-9-8-14-24-16/h8-9,14-15H,3-7,10-13H2,1-2H3,(H,19,22). The molecule has 0 aliphatic carbocycles. The first-order valence-electron chi connectivity index (χ1n) is 8.97. The lowest BCUT2D eigenvalue weighted by atomic mass is 10.2. The summed E-state index contributed by atoms with van der Waals surface area (Å²) in [5.74, 6) is -0.182. The van der Waals surface area contributed by atoms with Crippen LogP contribution in [0, 0.1) is 0 Å². The van der Waals surface area contributed by atoms with Crippen LogP contribution in [0.15, 0.2) is 22.8 Å². The molecule has 0 spiro atoms. The first-order chi connectivity index (χ1) is 11.6. The average Bonchev–Trinajstić information content (AvgIpc) is 3.00. The zero-order valence-electron chi connectivity index (χ0n) is 14.8. The molecule has 0 aromatic carbocycles. The maximum absolute atomic E-state index is 12.6. The monoisotopic (exact) mass is 335 g/mol. The van der Waals surface area contributed by atoms with E-state index in [1.807, 2.05) is 11.8 Å². The number of furan rings is 1. The summed E-state index contributed by atoms with van der Waals surface area (Å²) < 4.78 is 5.06. The Balaban J connectivity index is 1.81. The van der Waals surface area contributed by atoms with Gasteiger partial charge in [-0.25, -0.2) is 0 Å². The molecular formula is C18H29N3O3. The Morgan fingerprint density at radius 3 is 2.58 bits per heavy atom. The second kappa shape index (κ2) is 9.47. The Kier molecular flexibility index (Phi) is 7.31. The van der Waals surface area contributed by atoms with E-state index in [0.717, 1.165) is 19.6 Å². The summed E-state index contributed by atoms with van der Waals surface area (Å²) in [5, 5.41) is 2.71. The highest BCUT2D eigenvalue weighted by molar-refractivity contribution is 5.95. The van der Waals surface area contributed by atoms with Crippen LogP contribution in [0.4, 0.5) is 0 Å². The minimum atomic E-state index is -0.563. The minimum absolute atomic E-state index is 0.0489. The van der Waals surface area contributed by atoms with Gasteiger partial charge >= 0.3 is 0 Å². The van der Waals surface area contributed by atoms with Crippen LogP contribution in [-0.2, 0) is 4.79 Å². The van der Waals surface area contributed by atoms with Crippen molar-refractivity contribution < 1.29 is 14.0 Å². The van der Waals surface area contributed by atoms with Crippen molar-refractivity contribution in [2.75, 3.05) is 32.7 Å². The van der Waals surface area contributed by atoms with Crippen molar-refractivity contribution in [3.05, 3.63) is 24.2 Å². The molecule has 1 aliphatic heterocycles. The van der Waals surface area contributed by atoms with E-state index < -0.39 is 6.04 Å². The van der Waals surface area contributed by atoms with Gasteiger partial charge in [0.15, 0.2) is 5.76 Å². The number of hydrogen-bond donors (Lipinski definition) is 1. The molecule has 2 amide bonds. The molecular weight excluding hydrogens is 306 g/mol. The summed E-state index contributed by atoms with van der Waals surface area (Å²) >= 11 is 0. The van der Waals surface area contributed by atoms with Gasteiger partial charge < -0.3 is 19.5 Å². The quantitative estimate of drug-likeness (QED) is 0.829. The molecule has 2 rings (SSSR count). The number of likely N-dealkylation sites (tertiary alicyclic amines) is 1. The van der Waals surface area contributed by atoms with Crippen molar-refractivity contribution in [1.82, 2.24) is 15.1 Å². The number of rotatable bonds is 7. The van der Waals surface area contributed by atoms with Gasteiger partial charge in [0.1, 0.15) is 6.04 Å². The van der Waals surface area contributed by atoms with Gasteiger partial charge in [0.2, 0.25) is 5.91 Å². The van der Waals surface area contributed by atoms with E-state index in [9.17, 15) is 9.59 Å². The molecule has 1 fully saturated rings. The maximum Gasteiger partial charge on any atom is 0.287 e. The number of hydrogen-bond acceptors (Lipinski definition) is 4. The van der Waals surface area contributed by atoms with Crippen LogP contribution in [0.3, 0.4) is 0 Å². The summed E-state index contributed by atoms with van der Waals surface area (Å²) in [6.45, 7) is 8.19. The van der Waals surface area contributed by atoms with Gasteiger partial charge in [-0.2, -0.15) is 0 Å². The third-order valence-electron chi connectivity index (χ3n) is 4.54. The number of nitrogens with one attached hydrogen (secondary N) is 1. The van der Waals surface area contributed by atoms with E-state index in [0.29, 0.717) is 13.1 Å². The van der Waals surface area contributed by atoms with E-state index in [4.69, 9.17) is 4.42 Å². The zero-order chi connectivity index (χ0) is 17.4. The van der Waals surface area contributed by atoms with Crippen molar-refractivity contribution in [2.45, 2.75) is 45.6 Å². The molecule has 6 heteroatoms. The molecule has 1 unspecified atom stereocenters. The van der Waals surface area contributed by atoms with Gasteiger partial charge in [0.25, 0.3) is 5.91 Å². The fourth-order valence-corrected chi connectivity index (χ4v) is 3.06. The lowest BCUT2D eigenvalue weighted by molar-refractivity contribution is -0.132. The summed E-state index contributed by atoms with van der Waals surface area (Å²) in [6, 6.07) is 2.68. The second-order valence-electron chi connectivity index (χ2n) is 6.35. The summed E-state index contributed by atoms with van der Waals surface area (Å²) in [7, 11) is 0. The SMILES string of the molecule is CCN(CCN1CCCCCC1)C(=O)C(C)NC(=O)c1ccco1. The van der Waals surface area contributed by atoms with Gasteiger partial charge in [-0.3, -0.25) is 9.59 Å². The molecule has 1 aromatic rings. The molecule has 1 N–H and O–H groups in total. The summed E-state index contributed by atoms with van der Waals surface area (Å²) in [4.78, 5) is 28.8. The molecule has 1 saturated heterocycles. The molecule has 1 atom stereocenters. The Hall–Kier alpha value is -1.82. The Morgan fingerprint density at radius 1 is 1.29 bits per heavy atom. The number of amides is 2. The number of carbonyl (C=O) groups excluding carboxylic acids is 2. The highest BCUT2D eigenvalue weighted by atomic mass is 16.3. The average molecular weight is 335 g/mol. The molecule has 24 heavy (non-hydrogen) atoms. The summed E-state index contributed by atoms with van der Waals surface area (Å²) in [5.41, 5.74) is 0. The lowest BCUT2D eigenvalue weighted by Crippen LogP contribution is -2.48. The van der Waals surface area contributed by atoms with Gasteiger partial charge in [0.05, 0.1) is 6.26 Å². The molecule has 0 saturated carbocycles. The van der Waals surface area contributed by atoms with Crippen LogP contribution < -0.4 is 5.32 Å². The van der Waals surface area contributed by atoms with Gasteiger partial charge in [-0.05, 0) is 51.9 Å². The molecule has 6 nitrogen and oxygen atoms in total. The van der Waals surface area contributed by atoms with E-state index >= 15 is 0 Å². The molecule has 1 aliphatic rings. The van der Waals surface area contributed by atoms with Crippen LogP contribution in [0.1, 0.15) is 50.1 Å². The molecule has 1 aromatic heterocycles. The van der Waals surface area contributed by atoms with Crippen LogP contribution in [0.5, 0.6) is 0 Å². The maximum atomic E-state index is 12.6. The predicted octanol–water partition coefficient (Wildman–Crippen LogP) is 2.12. The first kappa shape index (κ1) is 18.5. The van der Waals surface area contributed by atoms with Crippen LogP contribution in [0.25, 0.3) is 0 Å². The highest BCUT2D eigenvalue weighted by Gasteiger charge is 2.23. The normalized spacial score (nSPS) is 17.1. The van der Waals surface area contributed by atoms with Crippen LogP contribution >= 0.6 is 0 Å². The third-order valence-corrected chi connectivity index (χ3v) is 4.54. The van der Waals surface area contributed by atoms with Crippen molar-refractivity contribution in [2.24, 2.45) is 0 Å². The molecule has 2 heterocycles.